The molecule has 0 aromatic heterocycles. The summed E-state index contributed by atoms with van der Waals surface area (Å²) in [6.45, 7) is 0. The molecule has 0 amide bonds. The first kappa shape index (κ1) is 20.4. The molecule has 0 saturated heterocycles. The molecule has 0 saturated carbocycles. The van der Waals surface area contributed by atoms with Crippen LogP contribution in [0.1, 0.15) is 0 Å². The number of hydrogen-bond donors (Lipinski definition) is 0. The van der Waals surface area contributed by atoms with Gasteiger partial charge in [-0.3, -0.25) is 0 Å². The molecule has 0 heterocycles. The van der Waals surface area contributed by atoms with Crippen LogP contribution in [0.25, 0.3) is 0 Å². The minimum atomic E-state index is -1.85. The van der Waals surface area contributed by atoms with E-state index in [9.17, 15) is 0 Å². The van der Waals surface area contributed by atoms with Gasteiger partial charge >= 0.3 is 0 Å². The summed E-state index contributed by atoms with van der Waals surface area (Å²) in [5, 5.41) is 2.53. The highest BCUT2D eigenvalue weighted by atomic mass is 35.5. The summed E-state index contributed by atoms with van der Waals surface area (Å²) in [5.74, 6) is 0. The van der Waals surface area contributed by atoms with Gasteiger partial charge in [0, 0.05) is 20.1 Å². The van der Waals surface area contributed by atoms with Crippen molar-refractivity contribution in [3.8, 4) is 0 Å². The second-order valence-electron chi connectivity index (χ2n) is 6.95. The quantitative estimate of drug-likeness (QED) is 0.347. The van der Waals surface area contributed by atoms with E-state index in [1.165, 1.54) is 0 Å². The highest BCUT2D eigenvalue weighted by Gasteiger charge is 2.37. The lowest BCUT2D eigenvalue weighted by molar-refractivity contribution is 1.66. The Morgan fingerprint density at radius 1 is 0.345 bits per heavy atom. The maximum Gasteiger partial charge on any atom is 0.115 e. The van der Waals surface area contributed by atoms with Gasteiger partial charge in [0.25, 0.3) is 0 Å². The Morgan fingerprint density at radius 2 is 0.552 bits per heavy atom. The fraction of sp³-hybridized carbons (Fsp3) is 0. The average Bonchev–Trinajstić information content (AvgIpc) is 2.73. The van der Waals surface area contributed by atoms with E-state index in [1.807, 2.05) is 97.1 Å². The van der Waals surface area contributed by atoms with Crippen LogP contribution in [0.3, 0.4) is 0 Å². The van der Waals surface area contributed by atoms with E-state index in [1.54, 1.807) is 0 Å². The van der Waals surface area contributed by atoms with Gasteiger partial charge < -0.3 is 0 Å². The molecule has 0 atom stereocenters. The van der Waals surface area contributed by atoms with Crippen molar-refractivity contribution in [2.45, 2.75) is 0 Å². The van der Waals surface area contributed by atoms with Gasteiger partial charge in [0.15, 0.2) is 0 Å². The summed E-state index contributed by atoms with van der Waals surface area (Å²) in [7, 11) is 0. The lowest BCUT2D eigenvalue weighted by atomic mass is 9.13. The molecule has 5 heteroatoms. The Kier molecular flexibility index (Phi) is 5.94. The third-order valence-electron chi connectivity index (χ3n) is 5.49. The van der Waals surface area contributed by atoms with Gasteiger partial charge in [-0.15, -0.1) is 0 Å². The molecular formula is C24H16BCl4-. The van der Waals surface area contributed by atoms with Crippen LogP contribution in [-0.4, -0.2) is 6.15 Å². The van der Waals surface area contributed by atoms with E-state index in [4.69, 9.17) is 46.4 Å². The van der Waals surface area contributed by atoms with Crippen LogP contribution < -0.4 is 21.9 Å². The van der Waals surface area contributed by atoms with Gasteiger partial charge in [0.1, 0.15) is 6.15 Å². The summed E-state index contributed by atoms with van der Waals surface area (Å²) < 4.78 is 0. The summed E-state index contributed by atoms with van der Waals surface area (Å²) in [6.07, 6.45) is -1.85. The van der Waals surface area contributed by atoms with Crippen LogP contribution in [0.5, 0.6) is 0 Å². The molecule has 29 heavy (non-hydrogen) atoms. The van der Waals surface area contributed by atoms with Crippen molar-refractivity contribution in [1.82, 2.24) is 0 Å². The van der Waals surface area contributed by atoms with Gasteiger partial charge in [-0.05, 0) is 24.3 Å². The summed E-state index contributed by atoms with van der Waals surface area (Å²) >= 11 is 27.2. The molecule has 0 unspecified atom stereocenters. The second kappa shape index (κ2) is 8.46. The van der Waals surface area contributed by atoms with Crippen LogP contribution in [0.4, 0.5) is 0 Å². The summed E-state index contributed by atoms with van der Waals surface area (Å²) in [4.78, 5) is 0. The Hall–Kier alpha value is -1.90. The number of hydrogen-bond acceptors (Lipinski definition) is 0. The lowest BCUT2D eigenvalue weighted by Crippen LogP contribution is -2.75. The maximum absolute atomic E-state index is 6.80. The van der Waals surface area contributed by atoms with E-state index >= 15 is 0 Å². The average molecular weight is 457 g/mol. The van der Waals surface area contributed by atoms with Crippen molar-refractivity contribution in [3.05, 3.63) is 117 Å². The topological polar surface area (TPSA) is 0 Å². The predicted molar refractivity (Wildman–Crippen MR) is 130 cm³/mol. The smallest absolute Gasteiger partial charge is 0.115 e. The Bertz CT molecular complexity index is 985. The molecule has 0 bridgehead atoms. The van der Waals surface area contributed by atoms with Crippen molar-refractivity contribution in [2.24, 2.45) is 0 Å². The molecule has 0 aliphatic carbocycles. The van der Waals surface area contributed by atoms with E-state index in [0.717, 1.165) is 21.9 Å². The molecular weight excluding hydrogens is 441 g/mol. The molecule has 0 fully saturated rings. The molecule has 144 valence electrons. The zero-order valence-electron chi connectivity index (χ0n) is 15.3. The minimum absolute atomic E-state index is 0.632. The molecule has 0 nitrogen and oxygen atoms in total. The number of benzene rings is 4. The van der Waals surface area contributed by atoms with E-state index in [0.29, 0.717) is 20.1 Å². The van der Waals surface area contributed by atoms with Gasteiger partial charge in [0.2, 0.25) is 0 Å². The first-order valence-electron chi connectivity index (χ1n) is 9.22. The summed E-state index contributed by atoms with van der Waals surface area (Å²) in [5.41, 5.74) is 3.68. The molecule has 4 aromatic carbocycles. The standard InChI is InChI=1S/C24H16BCl4/c26-21-13-5-1-9-17(21)25(18-10-2-6-14-22(18)27,19-11-3-7-15-23(19)28)20-12-4-8-16-24(20)29/h1-16H/q-1. The van der Waals surface area contributed by atoms with Gasteiger partial charge in [-0.2, -0.15) is 21.9 Å². The summed E-state index contributed by atoms with van der Waals surface area (Å²) in [6, 6.07) is 31.2. The molecule has 0 aliphatic heterocycles. The van der Waals surface area contributed by atoms with Crippen LogP contribution >= 0.6 is 46.4 Å². The first-order valence-corrected chi connectivity index (χ1v) is 10.7. The van der Waals surface area contributed by atoms with E-state index < -0.39 is 6.15 Å². The fourth-order valence-corrected chi connectivity index (χ4v) is 5.51. The Labute approximate surface area is 190 Å². The van der Waals surface area contributed by atoms with Gasteiger partial charge in [-0.1, -0.05) is 119 Å². The first-order chi connectivity index (χ1) is 14.1. The zero-order valence-corrected chi connectivity index (χ0v) is 18.4. The van der Waals surface area contributed by atoms with Gasteiger partial charge in [-0.25, -0.2) is 0 Å². The molecule has 4 rings (SSSR count). The second-order valence-corrected chi connectivity index (χ2v) is 8.58. The molecule has 4 aromatic rings. The van der Waals surface area contributed by atoms with Crippen molar-refractivity contribution in [3.63, 3.8) is 0 Å². The largest absolute Gasteiger partial charge is 0.177 e. The van der Waals surface area contributed by atoms with Crippen LogP contribution in [0.2, 0.25) is 20.1 Å². The number of halogens is 4. The number of rotatable bonds is 4. The monoisotopic (exact) mass is 455 g/mol. The van der Waals surface area contributed by atoms with Crippen molar-refractivity contribution in [1.29, 1.82) is 0 Å². The SMILES string of the molecule is Clc1ccccc1[B-](c1ccccc1Cl)(c1ccccc1Cl)c1ccccc1Cl. The van der Waals surface area contributed by atoms with Crippen LogP contribution in [0, 0.1) is 0 Å². The lowest BCUT2D eigenvalue weighted by Gasteiger charge is -2.46. The van der Waals surface area contributed by atoms with Crippen molar-refractivity contribution < 1.29 is 0 Å². The fourth-order valence-electron chi connectivity index (χ4n) is 4.31. The van der Waals surface area contributed by atoms with E-state index in [-0.39, 0.29) is 0 Å². The minimum Gasteiger partial charge on any atom is -0.177 e. The zero-order chi connectivity index (χ0) is 20.4. The Morgan fingerprint density at radius 3 is 0.759 bits per heavy atom. The third-order valence-corrected chi connectivity index (χ3v) is 6.86. The van der Waals surface area contributed by atoms with Crippen molar-refractivity contribution >= 4 is 74.4 Å². The highest BCUT2D eigenvalue weighted by Crippen LogP contribution is 2.23. The Balaban J connectivity index is 2.28. The van der Waals surface area contributed by atoms with E-state index in [2.05, 4.69) is 0 Å². The normalized spacial score (nSPS) is 11.4. The maximum atomic E-state index is 6.80. The molecule has 0 N–H and O–H groups in total. The van der Waals surface area contributed by atoms with Crippen LogP contribution in [-0.2, 0) is 0 Å². The molecule has 0 radical (unpaired) electrons. The third kappa shape index (κ3) is 3.47. The highest BCUT2D eigenvalue weighted by molar-refractivity contribution is 7.22. The van der Waals surface area contributed by atoms with Gasteiger partial charge in [0.05, 0.1) is 0 Å². The molecule has 0 aliphatic rings. The van der Waals surface area contributed by atoms with Crippen molar-refractivity contribution in [2.75, 3.05) is 0 Å². The molecule has 0 spiro atoms. The van der Waals surface area contributed by atoms with Crippen LogP contribution in [0.15, 0.2) is 97.1 Å². The predicted octanol–water partition coefficient (Wildman–Crippen LogP) is 5.68.